The summed E-state index contributed by atoms with van der Waals surface area (Å²) in [7, 11) is 4.13. The summed E-state index contributed by atoms with van der Waals surface area (Å²) in [5.74, 6) is -1.90. The number of carboxylic acid groups (broad SMARTS) is 2. The molecule has 6 N–H and O–H groups in total. The lowest BCUT2D eigenvalue weighted by molar-refractivity contribution is -0.146. The molecule has 0 aromatic heterocycles. The van der Waals surface area contributed by atoms with E-state index >= 15 is 0 Å². The van der Waals surface area contributed by atoms with Crippen LogP contribution >= 0.6 is 11.6 Å². The van der Waals surface area contributed by atoms with Gasteiger partial charge in [-0.2, -0.15) is 0 Å². The number of halogens is 1. The molecule has 8 aromatic rings. The van der Waals surface area contributed by atoms with Gasteiger partial charge in [-0.3, -0.25) is 33.8 Å². The molecule has 0 heterocycles. The zero-order valence-electron chi connectivity index (χ0n) is 95.4. The number of hydrogen-bond acceptors (Lipinski definition) is 14. The van der Waals surface area contributed by atoms with Crippen molar-refractivity contribution in [3.8, 4) is 0 Å². The Bertz CT molecular complexity index is 3820. The van der Waals surface area contributed by atoms with E-state index in [0.717, 1.165) is 45.2 Å². The van der Waals surface area contributed by atoms with Crippen molar-refractivity contribution in [1.82, 2.24) is 20.4 Å². The maximum Gasteiger partial charge on any atom is 0.322 e. The van der Waals surface area contributed by atoms with Crippen molar-refractivity contribution < 1.29 is 53.2 Å². The highest BCUT2D eigenvalue weighted by Crippen LogP contribution is 2.11. The number of nitrogens with one attached hydrogen (secondary N) is 2. The Morgan fingerprint density at radius 1 is 0.291 bits per heavy atom. The van der Waals surface area contributed by atoms with Crippen LogP contribution in [0.5, 0.6) is 0 Å². The molecule has 8 aromatic carbocycles. The van der Waals surface area contributed by atoms with Crippen molar-refractivity contribution in [1.29, 1.82) is 0 Å². The lowest BCUT2D eigenvalue weighted by atomic mass is 10.2. The van der Waals surface area contributed by atoms with Crippen molar-refractivity contribution in [3.63, 3.8) is 0 Å². The van der Waals surface area contributed by atoms with Gasteiger partial charge in [0.25, 0.3) is 0 Å². The lowest BCUT2D eigenvalue weighted by Crippen LogP contribution is -2.39. The molecule has 5 atom stereocenters. The van der Waals surface area contributed by atoms with Gasteiger partial charge >= 0.3 is 29.8 Å². The van der Waals surface area contributed by atoms with Gasteiger partial charge in [0.1, 0.15) is 36.5 Å². The summed E-state index contributed by atoms with van der Waals surface area (Å²) in [6.07, 6.45) is 33.3. The van der Waals surface area contributed by atoms with Crippen molar-refractivity contribution in [3.05, 3.63) is 336 Å². The van der Waals surface area contributed by atoms with Crippen LogP contribution in [0.3, 0.4) is 0 Å². The first-order chi connectivity index (χ1) is 68.3. The minimum absolute atomic E-state index is 0. The van der Waals surface area contributed by atoms with Gasteiger partial charge in [0.15, 0.2) is 0 Å². The van der Waals surface area contributed by atoms with E-state index in [-0.39, 0.29) is 37.4 Å². The number of rotatable bonds is 32. The Hall–Kier alpha value is -11.2. The smallest absolute Gasteiger partial charge is 0.322 e. The van der Waals surface area contributed by atoms with Crippen LogP contribution in [0.15, 0.2) is 291 Å². The molecule has 0 fully saturated rings. The molecule has 16 nitrogen and oxygen atoms in total. The third-order valence-electron chi connectivity index (χ3n) is 15.1. The van der Waals surface area contributed by atoms with E-state index in [4.69, 9.17) is 27.2 Å². The molecular weight excluding hydrogens is 1770 g/mol. The quantitative estimate of drug-likeness (QED) is 0.0114. The van der Waals surface area contributed by atoms with E-state index in [9.17, 15) is 33.9 Å². The SMILES string of the molecule is C.CC.CC.CC.CC.CC.CC.CC.CC.CC.CC.CC.CC.CC.CC.CC.CC.CC(C(=O)O)N(C/C=C/c1ccccc1)C/C=C/c1ccccc1.CC(NC/C=C/c1ccccc1)C(=O)O.COC(=O)C(C)N.COC(=O)C(C)N(C/C=C/c1ccccc1)C/C=C/c1ccccc1.COC(=O)C(C)NC/C=C/c1ccccc1.ClC/C=C/c1ccccc1.O=CC/C=C/c1ccccc1. The fourth-order valence-electron chi connectivity index (χ4n) is 8.92. The van der Waals surface area contributed by atoms with Crippen molar-refractivity contribution in [2.24, 2.45) is 5.73 Å². The van der Waals surface area contributed by atoms with E-state index in [1.54, 1.807) is 27.7 Å². The first-order valence-electron chi connectivity index (χ1n) is 51.5. The predicted octanol–water partition coefficient (Wildman–Crippen LogP) is 33.9. The first kappa shape index (κ1) is 166. The molecular formula is C124H208ClN5O11. The van der Waals surface area contributed by atoms with Gasteiger partial charge in [-0.15, -0.1) is 11.6 Å². The maximum absolute atomic E-state index is 11.9. The van der Waals surface area contributed by atoms with Crippen LogP contribution in [0.1, 0.15) is 315 Å². The molecule has 141 heavy (non-hydrogen) atoms. The number of esters is 3. The molecule has 0 radical (unpaired) electrons. The van der Waals surface area contributed by atoms with E-state index in [0.29, 0.717) is 51.6 Å². The van der Waals surface area contributed by atoms with Crippen LogP contribution < -0.4 is 16.4 Å². The molecule has 0 aliphatic rings. The number of alkyl halides is 1. The van der Waals surface area contributed by atoms with Crippen LogP contribution in [0.2, 0.25) is 0 Å². The molecule has 0 saturated carbocycles. The first-order valence-corrected chi connectivity index (χ1v) is 52.0. The van der Waals surface area contributed by atoms with Gasteiger partial charge in [-0.1, -0.05) is 569 Å². The van der Waals surface area contributed by atoms with Gasteiger partial charge in [0.2, 0.25) is 0 Å². The summed E-state index contributed by atoms with van der Waals surface area (Å²) in [4.78, 5) is 68.9. The molecule has 8 rings (SSSR count). The number of ether oxygens (including phenoxy) is 3. The van der Waals surface area contributed by atoms with Gasteiger partial charge in [-0.05, 0) is 79.1 Å². The molecule has 17 heteroatoms. The monoisotopic (exact) mass is 1980 g/mol. The lowest BCUT2D eigenvalue weighted by Gasteiger charge is -2.24. The van der Waals surface area contributed by atoms with Crippen LogP contribution in [-0.4, -0.2) is 153 Å². The van der Waals surface area contributed by atoms with Crippen molar-refractivity contribution in [2.75, 3.05) is 66.5 Å². The molecule has 0 bridgehead atoms. The second kappa shape index (κ2) is 149. The highest BCUT2D eigenvalue weighted by atomic mass is 35.5. The molecule has 5 unspecified atom stereocenters. The highest BCUT2D eigenvalue weighted by molar-refractivity contribution is 6.19. The fourth-order valence-corrected chi connectivity index (χ4v) is 9.01. The van der Waals surface area contributed by atoms with E-state index in [1.807, 2.05) is 525 Å². The van der Waals surface area contributed by atoms with Crippen LogP contribution in [0.4, 0.5) is 0 Å². The number of carboxylic acids is 2. The van der Waals surface area contributed by atoms with Gasteiger partial charge < -0.3 is 45.6 Å². The number of methoxy groups -OCH3 is 3. The van der Waals surface area contributed by atoms with Crippen LogP contribution in [0.25, 0.3) is 48.6 Å². The second-order valence-corrected chi connectivity index (χ2v) is 23.9. The average Bonchev–Trinajstić information content (AvgIpc) is 0.931. The highest BCUT2D eigenvalue weighted by Gasteiger charge is 2.21. The standard InChI is InChI=1S/C22H25NO2.C21H23NO2.C13H17NO2.C12H15NO2.C10H10O.C9H9Cl.C4H9NO2.16C2H6.CH4/c1-19(22(24)25-2)23(17-9-15-20-11-5-3-6-12-20)18-10-16-21-13-7-4-8-14-21;1-18(21(23)24)22(16-8-14-19-10-4-2-5-11-19)17-9-15-20-12-6-3-7-13-20;1-11(13(15)16-2)14-10-6-9-12-7-4-3-5-8-12;1-10(12(14)15)13-9-5-8-11-6-3-2-4-7-11;11-9-5-4-8-10-6-2-1-3-7-10;10-8-4-7-9-5-2-1-3-6-9;1-3(5)4(6)7-2;16*1-2;/h3-16,19H,17-18H2,1-2H3;2-15,18H,16-17H2,1H3,(H,23,24);3-9,11,14H,10H2,1-2H3;2-8,10,13H,9H2,1H3,(H,14,15);1-4,6-9H,5H2;1-7H,8H2;3H,5H2,1-2H3;16*1-2H3;1H4/b15-9+,16-10+;14-8+,15-9+;9-6+;8-5+;8-4+;7-4+;;;;;;;;;;;;;;;;;;. The van der Waals surface area contributed by atoms with Crippen molar-refractivity contribution >= 4 is 96.3 Å². The van der Waals surface area contributed by atoms with Gasteiger partial charge in [-0.25, -0.2) is 0 Å². The molecule has 0 amide bonds. The summed E-state index contributed by atoms with van der Waals surface area (Å²) in [5, 5.41) is 23.8. The Morgan fingerprint density at radius 2 is 0.482 bits per heavy atom. The minimum Gasteiger partial charge on any atom is -0.480 e. The zero-order valence-corrected chi connectivity index (χ0v) is 96.1. The normalized spacial score (nSPS) is 10.1. The van der Waals surface area contributed by atoms with E-state index in [2.05, 4.69) is 73.6 Å². The molecule has 802 valence electrons. The Labute approximate surface area is 872 Å². The van der Waals surface area contributed by atoms with E-state index in [1.165, 1.54) is 26.9 Å². The van der Waals surface area contributed by atoms with Crippen LogP contribution in [-0.2, 0) is 43.0 Å². The Morgan fingerprint density at radius 3 is 0.660 bits per heavy atom. The number of aldehydes is 1. The third-order valence-corrected chi connectivity index (χ3v) is 15.3. The number of benzene rings is 8. The molecule has 0 aliphatic heterocycles. The topological polar surface area (TPSA) is 227 Å². The van der Waals surface area contributed by atoms with Gasteiger partial charge in [0, 0.05) is 51.6 Å². The Kier molecular flexibility index (Phi) is 176. The van der Waals surface area contributed by atoms with Crippen molar-refractivity contribution in [2.45, 2.75) is 300 Å². The predicted molar refractivity (Wildman–Crippen MR) is 635 cm³/mol. The summed E-state index contributed by atoms with van der Waals surface area (Å²) in [5.41, 5.74) is 14.2. The van der Waals surface area contributed by atoms with E-state index < -0.39 is 30.1 Å². The number of carbonyl (C=O) groups excluding carboxylic acids is 4. The number of hydrogen-bond donors (Lipinski definition) is 5. The molecule has 0 saturated heterocycles. The number of aliphatic carboxylic acids is 2. The third kappa shape index (κ3) is 116. The number of nitrogens with zero attached hydrogens (tertiary/aromatic N) is 2. The summed E-state index contributed by atoms with van der Waals surface area (Å²) < 4.78 is 13.7. The second-order valence-electron chi connectivity index (χ2n) is 23.6. The molecule has 0 spiro atoms. The molecule has 0 aliphatic carbocycles. The number of carbonyl (C=O) groups is 6. The number of allylic oxidation sites excluding steroid dienone is 2. The number of nitrogens with two attached hydrogens (primary N) is 1. The Balaban J connectivity index is -0.0000000898. The maximum atomic E-state index is 11.9. The average molecular weight is 1980 g/mol. The summed E-state index contributed by atoms with van der Waals surface area (Å²) >= 11 is 5.46. The zero-order chi connectivity index (χ0) is 111. The largest absolute Gasteiger partial charge is 0.480 e. The summed E-state index contributed by atoms with van der Waals surface area (Å²) in [6, 6.07) is 78.1. The van der Waals surface area contributed by atoms with Crippen LogP contribution in [0, 0.1) is 0 Å². The van der Waals surface area contributed by atoms with Gasteiger partial charge in [0.05, 0.1) is 21.3 Å². The fraction of sp³-hybridized carbons (Fsp3) is 0.435. The summed E-state index contributed by atoms with van der Waals surface area (Å²) in [6.45, 7) is 76.3. The minimum atomic E-state index is -0.830.